The zero-order valence-corrected chi connectivity index (χ0v) is 11.5. The summed E-state index contributed by atoms with van der Waals surface area (Å²) in [5.41, 5.74) is 0. The van der Waals surface area contributed by atoms with Crippen LogP contribution in [0.5, 0.6) is 0 Å². The number of hydrogen-bond acceptors (Lipinski definition) is 3. The van der Waals surface area contributed by atoms with Crippen molar-refractivity contribution < 1.29 is 9.53 Å². The summed E-state index contributed by atoms with van der Waals surface area (Å²) in [6, 6.07) is 0. The van der Waals surface area contributed by atoms with Gasteiger partial charge in [0, 0.05) is 25.4 Å². The van der Waals surface area contributed by atoms with Crippen molar-refractivity contribution in [2.45, 2.75) is 58.9 Å². The van der Waals surface area contributed by atoms with E-state index in [1.54, 1.807) is 0 Å². The van der Waals surface area contributed by atoms with Gasteiger partial charge in [0.25, 0.3) is 0 Å². The Morgan fingerprint density at radius 3 is 2.78 bits per heavy atom. The summed E-state index contributed by atoms with van der Waals surface area (Å²) >= 11 is 0. The molecule has 0 amide bonds. The summed E-state index contributed by atoms with van der Waals surface area (Å²) in [7, 11) is 0. The summed E-state index contributed by atoms with van der Waals surface area (Å²) in [4.78, 5) is 15.4. The molecular weight excluding hydrogens is 228 g/mol. The van der Waals surface area contributed by atoms with Crippen molar-refractivity contribution in [2.75, 3.05) is 6.61 Å². The van der Waals surface area contributed by atoms with Crippen molar-refractivity contribution in [3.8, 4) is 0 Å². The summed E-state index contributed by atoms with van der Waals surface area (Å²) in [6.45, 7) is 5.60. The molecular formula is C14H24N2O2. The highest BCUT2D eigenvalue weighted by Gasteiger charge is 2.01. The number of nitrogens with zero attached hydrogens (tertiary/aromatic N) is 2. The number of imidazole rings is 1. The van der Waals surface area contributed by atoms with Crippen LogP contribution in [0.15, 0.2) is 12.4 Å². The average Bonchev–Trinajstić information content (AvgIpc) is 2.77. The van der Waals surface area contributed by atoms with Crippen LogP contribution in [0.3, 0.4) is 0 Å². The Hall–Kier alpha value is -1.32. The van der Waals surface area contributed by atoms with Crippen molar-refractivity contribution in [3.63, 3.8) is 0 Å². The van der Waals surface area contributed by atoms with Crippen LogP contribution in [0.1, 0.15) is 51.3 Å². The summed E-state index contributed by atoms with van der Waals surface area (Å²) in [5, 5.41) is 0. The smallest absolute Gasteiger partial charge is 0.305 e. The third kappa shape index (κ3) is 5.84. The number of unbranched alkanes of at least 4 members (excludes halogenated alkanes) is 3. The molecule has 1 aromatic heterocycles. The van der Waals surface area contributed by atoms with E-state index in [1.807, 2.05) is 26.2 Å². The number of esters is 1. The minimum atomic E-state index is -0.0534. The number of ether oxygens (including phenoxy) is 1. The highest BCUT2D eigenvalue weighted by Crippen LogP contribution is 2.06. The van der Waals surface area contributed by atoms with E-state index in [9.17, 15) is 4.79 Å². The Morgan fingerprint density at radius 2 is 2.11 bits per heavy atom. The molecule has 0 aromatic carbocycles. The van der Waals surface area contributed by atoms with E-state index < -0.39 is 0 Å². The predicted octanol–water partition coefficient (Wildman–Crippen LogP) is 3.10. The van der Waals surface area contributed by atoms with Crippen molar-refractivity contribution in [1.82, 2.24) is 9.55 Å². The van der Waals surface area contributed by atoms with Gasteiger partial charge in [-0.15, -0.1) is 0 Å². The van der Waals surface area contributed by atoms with Gasteiger partial charge in [0.15, 0.2) is 0 Å². The molecule has 4 nitrogen and oxygen atoms in total. The number of hydrogen-bond donors (Lipinski definition) is 0. The standard InChI is InChI=1S/C14H24N2O2/c1-3-12-18-14(17)8-6-4-5-7-10-16-11-9-15-13(16)2/h9,11H,3-8,10,12H2,1-2H3. The first kappa shape index (κ1) is 14.7. The predicted molar refractivity (Wildman–Crippen MR) is 71.3 cm³/mol. The van der Waals surface area contributed by atoms with Gasteiger partial charge in [-0.05, 0) is 26.2 Å². The Bertz CT molecular complexity index is 347. The first-order valence-corrected chi connectivity index (χ1v) is 6.87. The van der Waals surface area contributed by atoms with Gasteiger partial charge in [-0.3, -0.25) is 4.79 Å². The number of carbonyl (C=O) groups is 1. The van der Waals surface area contributed by atoms with E-state index in [0.717, 1.165) is 44.5 Å². The Balaban J connectivity index is 1.96. The van der Waals surface area contributed by atoms with Crippen LogP contribution in [0, 0.1) is 6.92 Å². The van der Waals surface area contributed by atoms with E-state index >= 15 is 0 Å². The largest absolute Gasteiger partial charge is 0.466 e. The van der Waals surface area contributed by atoms with Crippen molar-refractivity contribution in [3.05, 3.63) is 18.2 Å². The highest BCUT2D eigenvalue weighted by molar-refractivity contribution is 5.69. The Morgan fingerprint density at radius 1 is 1.33 bits per heavy atom. The highest BCUT2D eigenvalue weighted by atomic mass is 16.5. The second-order valence-corrected chi connectivity index (χ2v) is 4.55. The minimum absolute atomic E-state index is 0.0534. The lowest BCUT2D eigenvalue weighted by atomic mass is 10.1. The molecule has 0 N–H and O–H groups in total. The molecule has 0 bridgehead atoms. The van der Waals surface area contributed by atoms with Crippen LogP contribution in [0.2, 0.25) is 0 Å². The van der Waals surface area contributed by atoms with Crippen LogP contribution in [0.4, 0.5) is 0 Å². The molecule has 0 radical (unpaired) electrons. The number of rotatable bonds is 9. The molecule has 0 atom stereocenters. The first-order chi connectivity index (χ1) is 8.74. The lowest BCUT2D eigenvalue weighted by Crippen LogP contribution is -2.04. The number of carbonyl (C=O) groups excluding carboxylic acids is 1. The number of aromatic nitrogens is 2. The molecule has 0 saturated heterocycles. The fraction of sp³-hybridized carbons (Fsp3) is 0.714. The van der Waals surface area contributed by atoms with Crippen LogP contribution in [-0.4, -0.2) is 22.1 Å². The molecule has 0 aliphatic carbocycles. The lowest BCUT2D eigenvalue weighted by molar-refractivity contribution is -0.143. The molecule has 18 heavy (non-hydrogen) atoms. The maximum Gasteiger partial charge on any atom is 0.305 e. The van der Waals surface area contributed by atoms with Gasteiger partial charge in [-0.2, -0.15) is 0 Å². The second kappa shape index (κ2) is 8.72. The van der Waals surface area contributed by atoms with E-state index in [2.05, 4.69) is 9.55 Å². The van der Waals surface area contributed by atoms with Gasteiger partial charge in [-0.1, -0.05) is 19.8 Å². The summed E-state index contributed by atoms with van der Waals surface area (Å²) in [6.07, 6.45) is 9.62. The molecule has 0 aliphatic heterocycles. The topological polar surface area (TPSA) is 44.1 Å². The molecule has 0 fully saturated rings. The molecule has 0 aliphatic rings. The van der Waals surface area contributed by atoms with Crippen LogP contribution in [-0.2, 0) is 16.1 Å². The molecule has 0 spiro atoms. The minimum Gasteiger partial charge on any atom is -0.466 e. The van der Waals surface area contributed by atoms with Crippen LogP contribution >= 0.6 is 0 Å². The van der Waals surface area contributed by atoms with Gasteiger partial charge >= 0.3 is 5.97 Å². The van der Waals surface area contributed by atoms with Gasteiger partial charge in [-0.25, -0.2) is 4.98 Å². The maximum atomic E-state index is 11.2. The molecule has 0 unspecified atom stereocenters. The lowest BCUT2D eigenvalue weighted by Gasteiger charge is -2.05. The van der Waals surface area contributed by atoms with E-state index in [0.29, 0.717) is 13.0 Å². The third-order valence-corrected chi connectivity index (χ3v) is 2.92. The molecule has 4 heteroatoms. The van der Waals surface area contributed by atoms with Crippen LogP contribution < -0.4 is 0 Å². The summed E-state index contributed by atoms with van der Waals surface area (Å²) in [5.74, 6) is 1.01. The van der Waals surface area contributed by atoms with E-state index in [1.165, 1.54) is 0 Å². The van der Waals surface area contributed by atoms with Crippen molar-refractivity contribution in [1.29, 1.82) is 0 Å². The molecule has 0 saturated carbocycles. The van der Waals surface area contributed by atoms with Gasteiger partial charge in [0.2, 0.25) is 0 Å². The van der Waals surface area contributed by atoms with Gasteiger partial charge in [0.05, 0.1) is 6.61 Å². The van der Waals surface area contributed by atoms with Crippen LogP contribution in [0.25, 0.3) is 0 Å². The monoisotopic (exact) mass is 252 g/mol. The van der Waals surface area contributed by atoms with E-state index in [-0.39, 0.29) is 5.97 Å². The zero-order valence-electron chi connectivity index (χ0n) is 11.5. The maximum absolute atomic E-state index is 11.2. The van der Waals surface area contributed by atoms with Crippen molar-refractivity contribution in [2.24, 2.45) is 0 Å². The molecule has 1 heterocycles. The van der Waals surface area contributed by atoms with Crippen molar-refractivity contribution >= 4 is 5.97 Å². The third-order valence-electron chi connectivity index (χ3n) is 2.92. The first-order valence-electron chi connectivity index (χ1n) is 6.87. The normalized spacial score (nSPS) is 10.6. The SMILES string of the molecule is CCCOC(=O)CCCCCCn1ccnc1C. The quantitative estimate of drug-likeness (QED) is 0.501. The average molecular weight is 252 g/mol. The molecule has 1 rings (SSSR count). The Labute approximate surface area is 109 Å². The number of aryl methyl sites for hydroxylation is 2. The van der Waals surface area contributed by atoms with E-state index in [4.69, 9.17) is 4.74 Å². The summed E-state index contributed by atoms with van der Waals surface area (Å²) < 4.78 is 7.18. The Kier molecular flexibility index (Phi) is 7.14. The molecule has 1 aromatic rings. The zero-order chi connectivity index (χ0) is 13.2. The molecule has 102 valence electrons. The fourth-order valence-electron chi connectivity index (χ4n) is 1.83. The second-order valence-electron chi connectivity index (χ2n) is 4.55. The van der Waals surface area contributed by atoms with Gasteiger partial charge in [0.1, 0.15) is 5.82 Å². The van der Waals surface area contributed by atoms with Gasteiger partial charge < -0.3 is 9.30 Å². The fourth-order valence-corrected chi connectivity index (χ4v) is 1.83.